The molecule has 0 aliphatic rings. The molecule has 6 heteroatoms. The van der Waals surface area contributed by atoms with Gasteiger partial charge < -0.3 is 0 Å². The molecule has 0 N–H and O–H groups in total. The topological polar surface area (TPSA) is 78.0 Å². The van der Waals surface area contributed by atoms with Gasteiger partial charge in [0.15, 0.2) is 5.78 Å². The summed E-state index contributed by atoms with van der Waals surface area (Å²) < 4.78 is 1.49. The lowest BCUT2D eigenvalue weighted by Gasteiger charge is -2.16. The van der Waals surface area contributed by atoms with E-state index in [-0.39, 0.29) is 18.0 Å². The van der Waals surface area contributed by atoms with Crippen LogP contribution in [-0.2, 0) is 24.2 Å². The molecular formula is C13H21N3O3. The summed E-state index contributed by atoms with van der Waals surface area (Å²) in [5.41, 5.74) is 0.563. The molecule has 0 amide bonds. The fourth-order valence-electron chi connectivity index (χ4n) is 1.85. The van der Waals surface area contributed by atoms with E-state index in [0.29, 0.717) is 24.2 Å². The first-order valence-corrected chi connectivity index (χ1v) is 6.48. The van der Waals surface area contributed by atoms with Gasteiger partial charge in [-0.15, -0.1) is 0 Å². The second-order valence-electron chi connectivity index (χ2n) is 5.54. The minimum atomic E-state index is -0.474. The minimum absolute atomic E-state index is 0.0160. The number of ketones is 1. The van der Waals surface area contributed by atoms with Crippen molar-refractivity contribution in [2.24, 2.45) is 5.41 Å². The number of aryl methyl sites for hydroxylation is 1. The van der Waals surface area contributed by atoms with E-state index in [1.165, 1.54) is 4.68 Å². The van der Waals surface area contributed by atoms with Crippen LogP contribution in [0, 0.1) is 15.5 Å². The van der Waals surface area contributed by atoms with Gasteiger partial charge in [-0.2, -0.15) is 5.10 Å². The van der Waals surface area contributed by atoms with Gasteiger partial charge in [0.1, 0.15) is 17.9 Å². The number of nitro groups is 1. The van der Waals surface area contributed by atoms with E-state index < -0.39 is 10.3 Å². The number of aromatic nitrogens is 2. The van der Waals surface area contributed by atoms with E-state index in [2.05, 4.69) is 5.10 Å². The molecule has 0 bridgehead atoms. The molecule has 0 spiro atoms. The van der Waals surface area contributed by atoms with E-state index in [1.807, 2.05) is 34.6 Å². The molecule has 0 saturated heterocycles. The van der Waals surface area contributed by atoms with Crippen molar-refractivity contribution in [1.82, 2.24) is 9.78 Å². The summed E-state index contributed by atoms with van der Waals surface area (Å²) in [4.78, 5) is 22.8. The van der Waals surface area contributed by atoms with Crippen molar-refractivity contribution in [3.63, 3.8) is 0 Å². The largest absolute Gasteiger partial charge is 0.313 e. The number of nitrogens with zero attached hydrogens (tertiary/aromatic N) is 3. The van der Waals surface area contributed by atoms with Crippen LogP contribution in [0.5, 0.6) is 0 Å². The molecule has 1 aromatic heterocycles. The Morgan fingerprint density at radius 3 is 2.26 bits per heavy atom. The Hall–Kier alpha value is -1.72. The first-order chi connectivity index (χ1) is 8.72. The standard InChI is InChI=1S/C13H21N3O3/c1-6-9-12(16(18)19)10(7-2)15(14-9)8-11(17)13(3,4)5/h6-8H2,1-5H3. The van der Waals surface area contributed by atoms with Gasteiger partial charge in [-0.05, 0) is 12.8 Å². The monoisotopic (exact) mass is 267 g/mol. The van der Waals surface area contributed by atoms with E-state index >= 15 is 0 Å². The number of carbonyl (C=O) groups excluding carboxylic acids is 1. The average Bonchev–Trinajstić information content (AvgIpc) is 2.65. The van der Waals surface area contributed by atoms with E-state index in [4.69, 9.17) is 0 Å². The molecule has 0 atom stereocenters. The van der Waals surface area contributed by atoms with Crippen LogP contribution in [0.15, 0.2) is 0 Å². The van der Waals surface area contributed by atoms with Crippen molar-refractivity contribution < 1.29 is 9.72 Å². The Morgan fingerprint density at radius 2 is 1.89 bits per heavy atom. The Kier molecular flexibility index (Phi) is 4.44. The molecule has 0 fully saturated rings. The third-order valence-electron chi connectivity index (χ3n) is 3.08. The van der Waals surface area contributed by atoms with Gasteiger partial charge >= 0.3 is 5.69 Å². The summed E-state index contributed by atoms with van der Waals surface area (Å²) >= 11 is 0. The summed E-state index contributed by atoms with van der Waals surface area (Å²) in [5.74, 6) is 0.0160. The summed E-state index contributed by atoms with van der Waals surface area (Å²) in [5, 5.41) is 15.4. The zero-order valence-corrected chi connectivity index (χ0v) is 12.2. The van der Waals surface area contributed by atoms with Crippen molar-refractivity contribution in [2.45, 2.75) is 54.0 Å². The van der Waals surface area contributed by atoms with Gasteiger partial charge in [0.2, 0.25) is 0 Å². The first kappa shape index (κ1) is 15.3. The summed E-state index contributed by atoms with van der Waals surface area (Å²) in [7, 11) is 0. The van der Waals surface area contributed by atoms with Crippen molar-refractivity contribution in [2.75, 3.05) is 0 Å². The number of hydrogen-bond acceptors (Lipinski definition) is 4. The average molecular weight is 267 g/mol. The van der Waals surface area contributed by atoms with Crippen LogP contribution in [0.2, 0.25) is 0 Å². The van der Waals surface area contributed by atoms with Gasteiger partial charge in [0.25, 0.3) is 0 Å². The fourth-order valence-corrected chi connectivity index (χ4v) is 1.85. The third-order valence-corrected chi connectivity index (χ3v) is 3.08. The van der Waals surface area contributed by atoms with Crippen LogP contribution < -0.4 is 0 Å². The Morgan fingerprint density at radius 1 is 1.32 bits per heavy atom. The van der Waals surface area contributed by atoms with Crippen LogP contribution in [0.1, 0.15) is 46.0 Å². The lowest BCUT2D eigenvalue weighted by Crippen LogP contribution is -2.26. The second kappa shape index (κ2) is 5.50. The molecule has 0 saturated carbocycles. The molecule has 0 radical (unpaired) electrons. The van der Waals surface area contributed by atoms with Crippen molar-refractivity contribution >= 4 is 11.5 Å². The quantitative estimate of drug-likeness (QED) is 0.606. The maximum Gasteiger partial charge on any atom is 0.313 e. The highest BCUT2D eigenvalue weighted by Crippen LogP contribution is 2.26. The maximum atomic E-state index is 12.1. The normalized spacial score (nSPS) is 11.6. The fraction of sp³-hybridized carbons (Fsp3) is 0.692. The van der Waals surface area contributed by atoms with Crippen LogP contribution in [0.25, 0.3) is 0 Å². The molecule has 0 unspecified atom stereocenters. The first-order valence-electron chi connectivity index (χ1n) is 6.48. The van der Waals surface area contributed by atoms with Gasteiger partial charge in [0.05, 0.1) is 4.92 Å². The van der Waals surface area contributed by atoms with E-state index in [0.717, 1.165) is 0 Å². The highest BCUT2D eigenvalue weighted by Gasteiger charge is 2.28. The molecule has 0 aliphatic heterocycles. The number of rotatable bonds is 5. The van der Waals surface area contributed by atoms with Crippen molar-refractivity contribution in [3.8, 4) is 0 Å². The highest BCUT2D eigenvalue weighted by molar-refractivity contribution is 5.83. The van der Waals surface area contributed by atoms with Crippen molar-refractivity contribution in [1.29, 1.82) is 0 Å². The summed E-state index contributed by atoms with van der Waals surface area (Å²) in [6.45, 7) is 9.25. The Bertz CT molecular complexity index is 498. The lowest BCUT2D eigenvalue weighted by molar-refractivity contribution is -0.386. The summed E-state index contributed by atoms with van der Waals surface area (Å²) in [6.07, 6.45) is 0.973. The SMILES string of the molecule is CCc1nn(CC(=O)C(C)(C)C)c(CC)c1[N+](=O)[O-]. The number of carbonyl (C=O) groups is 1. The smallest absolute Gasteiger partial charge is 0.297 e. The number of hydrogen-bond donors (Lipinski definition) is 0. The van der Waals surface area contributed by atoms with Gasteiger partial charge in [-0.3, -0.25) is 19.6 Å². The minimum Gasteiger partial charge on any atom is -0.297 e. The highest BCUT2D eigenvalue weighted by atomic mass is 16.6. The van der Waals surface area contributed by atoms with Crippen LogP contribution in [-0.4, -0.2) is 20.5 Å². The molecule has 0 aliphatic carbocycles. The Labute approximate surface area is 113 Å². The molecule has 1 rings (SSSR count). The van der Waals surface area contributed by atoms with Gasteiger partial charge in [-0.1, -0.05) is 34.6 Å². The van der Waals surface area contributed by atoms with Crippen LogP contribution in [0.4, 0.5) is 5.69 Å². The van der Waals surface area contributed by atoms with Crippen LogP contribution in [0.3, 0.4) is 0 Å². The third kappa shape index (κ3) is 3.19. The zero-order valence-electron chi connectivity index (χ0n) is 12.2. The molecule has 19 heavy (non-hydrogen) atoms. The molecule has 6 nitrogen and oxygen atoms in total. The summed E-state index contributed by atoms with van der Waals surface area (Å²) in [6, 6.07) is 0. The zero-order chi connectivity index (χ0) is 14.8. The molecule has 1 heterocycles. The van der Waals surface area contributed by atoms with Gasteiger partial charge in [-0.25, -0.2) is 0 Å². The number of Topliss-reactive ketones (excluding diaryl/α,β-unsaturated/α-hetero) is 1. The second-order valence-corrected chi connectivity index (χ2v) is 5.54. The van der Waals surface area contributed by atoms with Crippen molar-refractivity contribution in [3.05, 3.63) is 21.5 Å². The predicted molar refractivity (Wildman–Crippen MR) is 72.1 cm³/mol. The van der Waals surface area contributed by atoms with E-state index in [1.54, 1.807) is 0 Å². The van der Waals surface area contributed by atoms with E-state index in [9.17, 15) is 14.9 Å². The predicted octanol–water partition coefficient (Wildman–Crippen LogP) is 2.53. The lowest BCUT2D eigenvalue weighted by atomic mass is 9.91. The molecule has 1 aromatic rings. The Balaban J connectivity index is 3.22. The molecule has 106 valence electrons. The maximum absolute atomic E-state index is 12.1. The molecular weight excluding hydrogens is 246 g/mol. The van der Waals surface area contributed by atoms with Crippen LogP contribution >= 0.6 is 0 Å². The van der Waals surface area contributed by atoms with Gasteiger partial charge in [0, 0.05) is 5.41 Å². The molecule has 0 aromatic carbocycles.